The molecule has 20 heavy (non-hydrogen) atoms. The molecule has 0 aliphatic heterocycles. The van der Waals surface area contributed by atoms with Gasteiger partial charge in [0, 0.05) is 5.56 Å². The molecule has 3 nitrogen and oxygen atoms in total. The third kappa shape index (κ3) is 4.07. The molecule has 0 radical (unpaired) electrons. The maximum absolute atomic E-state index is 10.7. The summed E-state index contributed by atoms with van der Waals surface area (Å²) in [6.45, 7) is 0. The Morgan fingerprint density at radius 2 is 1.20 bits per heavy atom. The SMILES string of the molecule is Cl.O=Cc1ccc(C=Cc2ccc(C(=O)O)cc2)cc1. The van der Waals surface area contributed by atoms with Gasteiger partial charge in [-0.25, -0.2) is 4.79 Å². The van der Waals surface area contributed by atoms with Gasteiger partial charge in [-0.2, -0.15) is 0 Å². The molecule has 0 saturated carbocycles. The molecule has 0 bridgehead atoms. The fourth-order valence-electron chi connectivity index (χ4n) is 1.61. The number of carbonyl (C=O) groups is 2. The van der Waals surface area contributed by atoms with Crippen LogP contribution in [0.3, 0.4) is 0 Å². The second kappa shape index (κ2) is 7.26. The number of carboxylic acids is 1. The Labute approximate surface area is 123 Å². The van der Waals surface area contributed by atoms with Crippen LogP contribution in [0.25, 0.3) is 12.2 Å². The highest BCUT2D eigenvalue weighted by Crippen LogP contribution is 2.10. The molecule has 0 unspecified atom stereocenters. The first-order valence-electron chi connectivity index (χ1n) is 5.76. The van der Waals surface area contributed by atoms with E-state index < -0.39 is 5.97 Å². The Balaban J connectivity index is 0.00000200. The molecule has 0 fully saturated rings. The van der Waals surface area contributed by atoms with Crippen LogP contribution in [0.5, 0.6) is 0 Å². The van der Waals surface area contributed by atoms with Crippen LogP contribution >= 0.6 is 12.4 Å². The maximum Gasteiger partial charge on any atom is 0.335 e. The lowest BCUT2D eigenvalue weighted by atomic mass is 10.1. The van der Waals surface area contributed by atoms with Gasteiger partial charge in [-0.15, -0.1) is 12.4 Å². The third-order valence-electron chi connectivity index (χ3n) is 2.70. The second-order valence-corrected chi connectivity index (χ2v) is 4.05. The molecule has 0 saturated heterocycles. The Kier molecular flexibility index (Phi) is 5.69. The van der Waals surface area contributed by atoms with Crippen LogP contribution in [0.15, 0.2) is 48.5 Å². The van der Waals surface area contributed by atoms with Crippen LogP contribution in [0.4, 0.5) is 0 Å². The summed E-state index contributed by atoms with van der Waals surface area (Å²) in [7, 11) is 0. The Bertz CT molecular complexity index is 613. The molecular formula is C16H13ClO3. The van der Waals surface area contributed by atoms with Crippen molar-refractivity contribution in [3.8, 4) is 0 Å². The minimum Gasteiger partial charge on any atom is -0.478 e. The van der Waals surface area contributed by atoms with E-state index in [1.54, 1.807) is 36.4 Å². The van der Waals surface area contributed by atoms with E-state index in [0.29, 0.717) is 5.56 Å². The molecule has 2 rings (SSSR count). The van der Waals surface area contributed by atoms with Crippen molar-refractivity contribution in [2.45, 2.75) is 0 Å². The predicted molar refractivity (Wildman–Crippen MR) is 81.4 cm³/mol. The fourth-order valence-corrected chi connectivity index (χ4v) is 1.61. The van der Waals surface area contributed by atoms with Gasteiger partial charge in [-0.3, -0.25) is 4.79 Å². The number of carboxylic acid groups (broad SMARTS) is 1. The summed E-state index contributed by atoms with van der Waals surface area (Å²) in [5.74, 6) is -0.931. The summed E-state index contributed by atoms with van der Waals surface area (Å²) < 4.78 is 0. The lowest BCUT2D eigenvalue weighted by Crippen LogP contribution is -1.94. The van der Waals surface area contributed by atoms with Crippen molar-refractivity contribution >= 4 is 36.8 Å². The van der Waals surface area contributed by atoms with Gasteiger partial charge < -0.3 is 5.11 Å². The molecule has 0 aliphatic carbocycles. The van der Waals surface area contributed by atoms with Crippen LogP contribution in [0.2, 0.25) is 0 Å². The van der Waals surface area contributed by atoms with Gasteiger partial charge in [0.25, 0.3) is 0 Å². The minimum absolute atomic E-state index is 0. The average molecular weight is 289 g/mol. The van der Waals surface area contributed by atoms with Crippen molar-refractivity contribution in [3.63, 3.8) is 0 Å². The minimum atomic E-state index is -0.931. The van der Waals surface area contributed by atoms with Crippen LogP contribution in [0, 0.1) is 0 Å². The fraction of sp³-hybridized carbons (Fsp3) is 0. The quantitative estimate of drug-likeness (QED) is 0.688. The topological polar surface area (TPSA) is 54.4 Å². The first-order chi connectivity index (χ1) is 9.19. The van der Waals surface area contributed by atoms with E-state index >= 15 is 0 Å². The average Bonchev–Trinajstić information content (AvgIpc) is 2.46. The summed E-state index contributed by atoms with van der Waals surface area (Å²) in [6.07, 6.45) is 4.60. The predicted octanol–water partition coefficient (Wildman–Crippen LogP) is 3.79. The Morgan fingerprint density at radius 1 is 0.800 bits per heavy atom. The normalized spacial score (nSPS) is 10.0. The molecule has 0 heterocycles. The van der Waals surface area contributed by atoms with Crippen molar-refractivity contribution in [3.05, 3.63) is 70.8 Å². The van der Waals surface area contributed by atoms with Gasteiger partial charge in [-0.05, 0) is 23.3 Å². The summed E-state index contributed by atoms with van der Waals surface area (Å²) >= 11 is 0. The molecule has 2 aromatic carbocycles. The van der Waals surface area contributed by atoms with Gasteiger partial charge in [-0.1, -0.05) is 48.6 Å². The van der Waals surface area contributed by atoms with E-state index in [-0.39, 0.29) is 18.0 Å². The van der Waals surface area contributed by atoms with E-state index in [4.69, 9.17) is 5.11 Å². The van der Waals surface area contributed by atoms with Crippen molar-refractivity contribution in [1.29, 1.82) is 0 Å². The smallest absolute Gasteiger partial charge is 0.335 e. The Hall–Kier alpha value is -2.39. The van der Waals surface area contributed by atoms with E-state index in [9.17, 15) is 9.59 Å². The van der Waals surface area contributed by atoms with E-state index in [2.05, 4.69) is 0 Å². The van der Waals surface area contributed by atoms with Gasteiger partial charge in [0.05, 0.1) is 5.56 Å². The lowest BCUT2D eigenvalue weighted by Gasteiger charge is -1.97. The number of halogens is 1. The molecule has 0 spiro atoms. The maximum atomic E-state index is 10.7. The monoisotopic (exact) mass is 288 g/mol. The number of aldehydes is 1. The number of hydrogen-bond acceptors (Lipinski definition) is 2. The number of hydrogen-bond donors (Lipinski definition) is 1. The van der Waals surface area contributed by atoms with Crippen molar-refractivity contribution < 1.29 is 14.7 Å². The van der Waals surface area contributed by atoms with Crippen LogP contribution in [-0.2, 0) is 0 Å². The number of aromatic carboxylic acids is 1. The molecule has 1 N–H and O–H groups in total. The summed E-state index contributed by atoms with van der Waals surface area (Å²) in [6, 6.07) is 13.8. The largest absolute Gasteiger partial charge is 0.478 e. The molecule has 0 aliphatic rings. The molecular weight excluding hydrogens is 276 g/mol. The summed E-state index contributed by atoms with van der Waals surface area (Å²) in [5.41, 5.74) is 2.81. The molecule has 0 atom stereocenters. The third-order valence-corrected chi connectivity index (χ3v) is 2.70. The number of carbonyl (C=O) groups excluding carboxylic acids is 1. The number of rotatable bonds is 4. The Morgan fingerprint density at radius 3 is 1.60 bits per heavy atom. The molecule has 102 valence electrons. The van der Waals surface area contributed by atoms with E-state index in [1.807, 2.05) is 24.3 Å². The highest BCUT2D eigenvalue weighted by Gasteiger charge is 1.99. The first kappa shape index (κ1) is 15.7. The second-order valence-electron chi connectivity index (χ2n) is 4.05. The highest BCUT2D eigenvalue weighted by atomic mass is 35.5. The standard InChI is InChI=1S/C16H12O3.ClH/c17-11-14-5-3-12(4-6-14)1-2-13-7-9-15(10-8-13)16(18)19;/h1-11H,(H,18,19);1H. The van der Waals surface area contributed by atoms with E-state index in [0.717, 1.165) is 17.4 Å². The zero-order chi connectivity index (χ0) is 13.7. The van der Waals surface area contributed by atoms with Gasteiger partial charge in [0.1, 0.15) is 6.29 Å². The van der Waals surface area contributed by atoms with Gasteiger partial charge in [0.2, 0.25) is 0 Å². The van der Waals surface area contributed by atoms with Crippen molar-refractivity contribution in [1.82, 2.24) is 0 Å². The zero-order valence-corrected chi connectivity index (χ0v) is 11.3. The first-order valence-corrected chi connectivity index (χ1v) is 5.76. The van der Waals surface area contributed by atoms with E-state index in [1.165, 1.54) is 0 Å². The van der Waals surface area contributed by atoms with Gasteiger partial charge in [0.15, 0.2) is 0 Å². The van der Waals surface area contributed by atoms with Crippen molar-refractivity contribution in [2.75, 3.05) is 0 Å². The zero-order valence-electron chi connectivity index (χ0n) is 10.5. The number of benzene rings is 2. The molecule has 2 aromatic rings. The summed E-state index contributed by atoms with van der Waals surface area (Å²) in [5, 5.41) is 8.79. The van der Waals surface area contributed by atoms with Gasteiger partial charge >= 0.3 is 5.97 Å². The molecule has 4 heteroatoms. The lowest BCUT2D eigenvalue weighted by molar-refractivity contribution is 0.0696. The van der Waals surface area contributed by atoms with Crippen LogP contribution < -0.4 is 0 Å². The van der Waals surface area contributed by atoms with Crippen molar-refractivity contribution in [2.24, 2.45) is 0 Å². The summed E-state index contributed by atoms with van der Waals surface area (Å²) in [4.78, 5) is 21.2. The molecule has 0 aromatic heterocycles. The highest BCUT2D eigenvalue weighted by molar-refractivity contribution is 5.88. The van der Waals surface area contributed by atoms with Crippen LogP contribution in [0.1, 0.15) is 31.8 Å². The molecule has 0 amide bonds. The van der Waals surface area contributed by atoms with Crippen LogP contribution in [-0.4, -0.2) is 17.4 Å².